The van der Waals surface area contributed by atoms with Crippen molar-refractivity contribution in [2.45, 2.75) is 44.3 Å². The lowest BCUT2D eigenvalue weighted by molar-refractivity contribution is 0.111. The highest BCUT2D eigenvalue weighted by molar-refractivity contribution is 7.97. The normalized spacial score (nSPS) is 15.8. The van der Waals surface area contributed by atoms with Gasteiger partial charge in [0.2, 0.25) is 0 Å². The topological polar surface area (TPSA) is 58.3 Å². The Kier molecular flexibility index (Phi) is 7.90. The van der Waals surface area contributed by atoms with Gasteiger partial charge >= 0.3 is 0 Å². The van der Waals surface area contributed by atoms with Crippen LogP contribution in [0.1, 0.15) is 40.3 Å². The van der Waals surface area contributed by atoms with Crippen LogP contribution in [0.3, 0.4) is 0 Å². The third kappa shape index (κ3) is 5.51. The summed E-state index contributed by atoms with van der Waals surface area (Å²) in [6.07, 6.45) is 7.53. The van der Waals surface area contributed by atoms with Gasteiger partial charge in [-0.15, -0.1) is 0 Å². The minimum atomic E-state index is 0.736. The van der Waals surface area contributed by atoms with Crippen LogP contribution in [0.4, 0.5) is 5.82 Å². The first-order valence-electron chi connectivity index (χ1n) is 11.6. The third-order valence-electron chi connectivity index (χ3n) is 6.37. The molecule has 1 fully saturated rings. The summed E-state index contributed by atoms with van der Waals surface area (Å²) in [5, 5.41) is 3.18. The number of pyridine rings is 1. The van der Waals surface area contributed by atoms with E-state index in [1.54, 1.807) is 11.9 Å². The van der Waals surface area contributed by atoms with Gasteiger partial charge < -0.3 is 19.4 Å². The van der Waals surface area contributed by atoms with Crippen LogP contribution in [0.15, 0.2) is 47.6 Å². The Morgan fingerprint density at radius 1 is 1.15 bits per heavy atom. The average molecular weight is 467 g/mol. The van der Waals surface area contributed by atoms with E-state index in [0.717, 1.165) is 56.9 Å². The van der Waals surface area contributed by atoms with Crippen LogP contribution in [0.25, 0.3) is 0 Å². The number of carbonyl (C=O) groups excluding carboxylic acids is 1. The number of fused-ring (bicyclic) bond motifs is 1. The molecule has 0 atom stereocenters. The maximum atomic E-state index is 11.0. The number of aldehydes is 1. The molecule has 176 valence electrons. The van der Waals surface area contributed by atoms with Crippen molar-refractivity contribution >= 4 is 24.1 Å². The van der Waals surface area contributed by atoms with Crippen LogP contribution in [0, 0.1) is 6.92 Å². The second-order valence-corrected chi connectivity index (χ2v) is 9.69. The van der Waals surface area contributed by atoms with Crippen molar-refractivity contribution in [2.75, 3.05) is 31.6 Å². The van der Waals surface area contributed by atoms with Gasteiger partial charge in [-0.25, -0.2) is 9.29 Å². The molecule has 0 unspecified atom stereocenters. The van der Waals surface area contributed by atoms with Crippen LogP contribution in [-0.4, -0.2) is 51.4 Å². The predicted molar refractivity (Wildman–Crippen MR) is 135 cm³/mol. The van der Waals surface area contributed by atoms with Gasteiger partial charge in [-0.2, -0.15) is 0 Å². The van der Waals surface area contributed by atoms with Gasteiger partial charge in [0, 0.05) is 80.6 Å². The van der Waals surface area contributed by atoms with Crippen LogP contribution in [0.5, 0.6) is 0 Å². The van der Waals surface area contributed by atoms with Crippen molar-refractivity contribution in [3.63, 3.8) is 0 Å². The van der Waals surface area contributed by atoms with Gasteiger partial charge in [-0.3, -0.25) is 4.79 Å². The Bertz CT molecular complexity index is 1070. The number of anilines is 1. The van der Waals surface area contributed by atoms with E-state index in [9.17, 15) is 4.79 Å². The molecule has 0 aliphatic carbocycles. The second-order valence-electron chi connectivity index (χ2n) is 8.55. The maximum absolute atomic E-state index is 11.0. The zero-order valence-corrected chi connectivity index (χ0v) is 20.6. The van der Waals surface area contributed by atoms with E-state index in [1.165, 1.54) is 34.8 Å². The van der Waals surface area contributed by atoms with E-state index in [0.29, 0.717) is 0 Å². The molecule has 3 aromatic rings. The predicted octanol–water partition coefficient (Wildman–Crippen LogP) is 3.87. The minimum absolute atomic E-state index is 0.736. The first-order valence-corrected chi connectivity index (χ1v) is 12.4. The van der Waals surface area contributed by atoms with E-state index in [-0.39, 0.29) is 0 Å². The first-order chi connectivity index (χ1) is 16.1. The summed E-state index contributed by atoms with van der Waals surface area (Å²) in [5.74, 6) is 1.17. The monoisotopic (exact) mass is 466 g/mol. The molecular weight excluding hydrogens is 432 g/mol. The van der Waals surface area contributed by atoms with Crippen molar-refractivity contribution in [2.24, 2.45) is 7.05 Å². The molecule has 0 spiro atoms. The number of hydrogen-bond acceptors (Lipinski definition) is 6. The van der Waals surface area contributed by atoms with Gasteiger partial charge in [0.15, 0.2) is 6.29 Å². The van der Waals surface area contributed by atoms with Crippen LogP contribution in [0.2, 0.25) is 0 Å². The van der Waals surface area contributed by atoms with Gasteiger partial charge in [-0.1, -0.05) is 6.07 Å². The fourth-order valence-electron chi connectivity index (χ4n) is 4.38. The Labute approximate surface area is 200 Å². The van der Waals surface area contributed by atoms with Crippen molar-refractivity contribution in [1.29, 1.82) is 0 Å². The summed E-state index contributed by atoms with van der Waals surface area (Å²) in [6, 6.07) is 10.4. The number of rotatable bonds is 6. The molecule has 5 rings (SSSR count). The van der Waals surface area contributed by atoms with E-state index < -0.39 is 0 Å². The van der Waals surface area contributed by atoms with E-state index in [4.69, 9.17) is 0 Å². The summed E-state index contributed by atoms with van der Waals surface area (Å²) in [4.78, 5) is 19.0. The molecule has 0 bridgehead atoms. The second kappa shape index (κ2) is 11.0. The van der Waals surface area contributed by atoms with E-state index in [1.807, 2.05) is 37.0 Å². The van der Waals surface area contributed by atoms with Crippen LogP contribution < -0.4 is 10.2 Å². The van der Waals surface area contributed by atoms with E-state index in [2.05, 4.69) is 55.4 Å². The highest BCUT2D eigenvalue weighted by atomic mass is 32.2. The Morgan fingerprint density at radius 3 is 2.70 bits per heavy atom. The fraction of sp³-hybridized carbons (Fsp3) is 0.440. The Balaban J connectivity index is 0.000000165. The first kappa shape index (κ1) is 23.6. The lowest BCUT2D eigenvalue weighted by atomic mass is 10.2. The molecule has 0 amide bonds. The van der Waals surface area contributed by atoms with Crippen molar-refractivity contribution in [3.05, 3.63) is 65.4 Å². The Hall–Kier alpha value is -2.55. The van der Waals surface area contributed by atoms with Gasteiger partial charge in [0.25, 0.3) is 0 Å². The summed E-state index contributed by atoms with van der Waals surface area (Å²) in [6.45, 7) is 8.28. The number of nitrogens with zero attached hydrogens (tertiary/aromatic N) is 5. The van der Waals surface area contributed by atoms with Crippen molar-refractivity contribution in [3.8, 4) is 0 Å². The summed E-state index contributed by atoms with van der Waals surface area (Å²) in [5.41, 5.74) is 4.54. The SMILES string of the molecule is CNCc1cccnc1N1CCCC1.Cc1c(SN2CCn3cccc3C2)cc(C=O)n1C. The molecule has 1 saturated heterocycles. The highest BCUT2D eigenvalue weighted by Crippen LogP contribution is 2.31. The standard InChI is InChI=1S/C14H17N3OS.C11H17N3/c1-11-14(8-13(10-18)15(11)2)19-17-7-6-16-5-3-4-12(16)9-17;1-12-9-10-5-4-6-13-11(10)14-7-2-3-8-14/h3-5,8,10H,6-7,9H2,1-2H3;4-6,12H,2-3,7-9H2,1H3. The average Bonchev–Trinajstić information content (AvgIpc) is 3.58. The van der Waals surface area contributed by atoms with Crippen LogP contribution >= 0.6 is 11.9 Å². The molecular formula is C25H34N6OS. The van der Waals surface area contributed by atoms with Crippen LogP contribution in [-0.2, 0) is 26.7 Å². The summed E-state index contributed by atoms with van der Waals surface area (Å²) in [7, 11) is 3.91. The molecule has 0 radical (unpaired) electrons. The number of carbonyl (C=O) groups is 1. The quantitative estimate of drug-likeness (QED) is 0.440. The molecule has 7 nitrogen and oxygen atoms in total. The number of hydrogen-bond donors (Lipinski definition) is 1. The highest BCUT2D eigenvalue weighted by Gasteiger charge is 2.19. The molecule has 2 aliphatic rings. The molecule has 1 N–H and O–H groups in total. The maximum Gasteiger partial charge on any atom is 0.166 e. The molecule has 8 heteroatoms. The molecule has 5 heterocycles. The zero-order chi connectivity index (χ0) is 23.2. The molecule has 2 aliphatic heterocycles. The molecule has 33 heavy (non-hydrogen) atoms. The number of aromatic nitrogens is 3. The Morgan fingerprint density at radius 2 is 1.97 bits per heavy atom. The summed E-state index contributed by atoms with van der Waals surface area (Å²) < 4.78 is 6.60. The lowest BCUT2D eigenvalue weighted by Crippen LogP contribution is -2.27. The lowest BCUT2D eigenvalue weighted by Gasteiger charge is -2.27. The van der Waals surface area contributed by atoms with Crippen molar-refractivity contribution in [1.82, 2.24) is 23.7 Å². The zero-order valence-electron chi connectivity index (χ0n) is 19.8. The fourth-order valence-corrected chi connectivity index (χ4v) is 5.47. The molecule has 0 aromatic carbocycles. The molecule has 3 aromatic heterocycles. The number of nitrogens with one attached hydrogen (secondary N) is 1. The smallest absolute Gasteiger partial charge is 0.166 e. The summed E-state index contributed by atoms with van der Waals surface area (Å²) >= 11 is 1.75. The molecule has 0 saturated carbocycles. The third-order valence-corrected chi connectivity index (χ3v) is 7.55. The van der Waals surface area contributed by atoms with E-state index >= 15 is 0 Å². The minimum Gasteiger partial charge on any atom is -0.356 e. The van der Waals surface area contributed by atoms with Gasteiger partial charge in [-0.05, 0) is 63.0 Å². The largest absolute Gasteiger partial charge is 0.356 e. The van der Waals surface area contributed by atoms with Crippen molar-refractivity contribution < 1.29 is 4.79 Å². The van der Waals surface area contributed by atoms with Gasteiger partial charge in [0.05, 0.1) is 5.69 Å². The van der Waals surface area contributed by atoms with Gasteiger partial charge in [0.1, 0.15) is 5.82 Å².